The standard InChI is InChI=1S/C18H19FN4OS2/c1-11(2)23-17(13-8-12(3)25-9-13)21-22-18(23)26-10-16(24)20-15-6-4-14(19)5-7-15/h4-9,11H,10H2,1-3H3,(H,20,24). The van der Waals surface area contributed by atoms with Crippen molar-refractivity contribution in [2.45, 2.75) is 32.0 Å². The second kappa shape index (κ2) is 8.01. The summed E-state index contributed by atoms with van der Waals surface area (Å²) < 4.78 is 15.0. The first-order valence-electron chi connectivity index (χ1n) is 8.12. The van der Waals surface area contributed by atoms with Crippen LogP contribution in [-0.2, 0) is 4.79 Å². The highest BCUT2D eigenvalue weighted by Gasteiger charge is 2.18. The van der Waals surface area contributed by atoms with Crippen LogP contribution >= 0.6 is 23.1 Å². The van der Waals surface area contributed by atoms with Crippen LogP contribution in [0, 0.1) is 12.7 Å². The number of benzene rings is 1. The molecule has 0 fully saturated rings. The van der Waals surface area contributed by atoms with E-state index in [0.29, 0.717) is 10.8 Å². The molecule has 1 aromatic carbocycles. The molecule has 5 nitrogen and oxygen atoms in total. The molecule has 1 amide bonds. The molecule has 0 aliphatic rings. The zero-order valence-electron chi connectivity index (χ0n) is 14.7. The van der Waals surface area contributed by atoms with E-state index in [1.165, 1.54) is 40.9 Å². The average Bonchev–Trinajstić information content (AvgIpc) is 3.21. The number of anilines is 1. The van der Waals surface area contributed by atoms with E-state index in [1.54, 1.807) is 11.3 Å². The number of halogens is 1. The van der Waals surface area contributed by atoms with Gasteiger partial charge in [0.1, 0.15) is 5.82 Å². The molecule has 0 saturated heterocycles. The Morgan fingerprint density at radius 2 is 2.04 bits per heavy atom. The van der Waals surface area contributed by atoms with Gasteiger partial charge in [-0.3, -0.25) is 9.36 Å². The number of amides is 1. The number of aromatic nitrogens is 3. The molecule has 8 heteroatoms. The minimum absolute atomic E-state index is 0.169. The predicted octanol–water partition coefficient (Wildman–Crippen LogP) is 4.77. The van der Waals surface area contributed by atoms with Crippen molar-refractivity contribution < 1.29 is 9.18 Å². The number of nitrogens with one attached hydrogen (secondary N) is 1. The van der Waals surface area contributed by atoms with E-state index in [4.69, 9.17) is 0 Å². The molecule has 0 saturated carbocycles. The lowest BCUT2D eigenvalue weighted by Crippen LogP contribution is -2.15. The number of carbonyl (C=O) groups is 1. The molecule has 1 N–H and O–H groups in total. The van der Waals surface area contributed by atoms with E-state index >= 15 is 0 Å². The van der Waals surface area contributed by atoms with Gasteiger partial charge in [0.15, 0.2) is 11.0 Å². The Hall–Kier alpha value is -2.19. The van der Waals surface area contributed by atoms with Crippen molar-refractivity contribution >= 4 is 34.7 Å². The lowest BCUT2D eigenvalue weighted by Gasteiger charge is -2.13. The van der Waals surface area contributed by atoms with E-state index in [0.717, 1.165) is 11.4 Å². The largest absolute Gasteiger partial charge is 0.325 e. The minimum Gasteiger partial charge on any atom is -0.325 e. The lowest BCUT2D eigenvalue weighted by atomic mass is 10.3. The van der Waals surface area contributed by atoms with E-state index in [9.17, 15) is 9.18 Å². The first kappa shape index (κ1) is 18.6. The molecule has 0 spiro atoms. The van der Waals surface area contributed by atoms with E-state index in [2.05, 4.69) is 47.7 Å². The van der Waals surface area contributed by atoms with Crippen LogP contribution in [0.2, 0.25) is 0 Å². The molecular formula is C18H19FN4OS2. The third kappa shape index (κ3) is 4.31. The maximum Gasteiger partial charge on any atom is 0.234 e. The maximum absolute atomic E-state index is 12.9. The summed E-state index contributed by atoms with van der Waals surface area (Å²) in [6.07, 6.45) is 0. The van der Waals surface area contributed by atoms with Crippen molar-refractivity contribution in [1.29, 1.82) is 0 Å². The molecular weight excluding hydrogens is 371 g/mol. The van der Waals surface area contributed by atoms with E-state index < -0.39 is 0 Å². The summed E-state index contributed by atoms with van der Waals surface area (Å²) in [5.41, 5.74) is 1.60. The molecule has 0 radical (unpaired) electrons. The van der Waals surface area contributed by atoms with E-state index in [-0.39, 0.29) is 23.5 Å². The molecule has 3 aromatic rings. The molecule has 0 aliphatic carbocycles. The van der Waals surface area contributed by atoms with Gasteiger partial charge in [0.2, 0.25) is 5.91 Å². The van der Waals surface area contributed by atoms with Gasteiger partial charge in [-0.25, -0.2) is 4.39 Å². The lowest BCUT2D eigenvalue weighted by molar-refractivity contribution is -0.113. The van der Waals surface area contributed by atoms with Crippen molar-refractivity contribution in [3.05, 3.63) is 46.4 Å². The fourth-order valence-electron chi connectivity index (χ4n) is 2.46. The quantitative estimate of drug-likeness (QED) is 0.616. The Labute approximate surface area is 159 Å². The molecule has 2 aromatic heterocycles. The normalized spacial score (nSPS) is 11.1. The number of rotatable bonds is 6. The Bertz CT molecular complexity index is 902. The highest BCUT2D eigenvalue weighted by molar-refractivity contribution is 7.99. The van der Waals surface area contributed by atoms with Crippen LogP contribution in [0.5, 0.6) is 0 Å². The summed E-state index contributed by atoms with van der Waals surface area (Å²) in [6, 6.07) is 7.95. The Kier molecular flexibility index (Phi) is 5.73. The van der Waals surface area contributed by atoms with Crippen LogP contribution in [-0.4, -0.2) is 26.4 Å². The Morgan fingerprint density at radius 3 is 2.65 bits per heavy atom. The first-order valence-corrected chi connectivity index (χ1v) is 9.99. The molecule has 0 bridgehead atoms. The topological polar surface area (TPSA) is 59.8 Å². The highest BCUT2D eigenvalue weighted by Crippen LogP contribution is 2.30. The number of hydrogen-bond acceptors (Lipinski definition) is 5. The zero-order valence-corrected chi connectivity index (χ0v) is 16.3. The van der Waals surface area contributed by atoms with Crippen LogP contribution in [0.1, 0.15) is 24.8 Å². The zero-order chi connectivity index (χ0) is 18.7. The first-order chi connectivity index (χ1) is 12.4. The number of carbonyl (C=O) groups excluding carboxylic acids is 1. The molecule has 2 heterocycles. The minimum atomic E-state index is -0.335. The van der Waals surface area contributed by atoms with Crippen LogP contribution < -0.4 is 5.32 Å². The average molecular weight is 391 g/mol. The van der Waals surface area contributed by atoms with Gasteiger partial charge in [0, 0.05) is 27.5 Å². The third-order valence-corrected chi connectivity index (χ3v) is 5.43. The van der Waals surface area contributed by atoms with Gasteiger partial charge in [-0.2, -0.15) is 0 Å². The van der Waals surface area contributed by atoms with E-state index in [1.807, 2.05) is 4.57 Å². The van der Waals surface area contributed by atoms with Gasteiger partial charge in [0.05, 0.1) is 5.75 Å². The van der Waals surface area contributed by atoms with Crippen LogP contribution in [0.4, 0.5) is 10.1 Å². The molecule has 0 unspecified atom stereocenters. The summed E-state index contributed by atoms with van der Waals surface area (Å²) in [5, 5.41) is 14.1. The molecule has 0 aliphatic heterocycles. The van der Waals surface area contributed by atoms with Crippen molar-refractivity contribution in [1.82, 2.24) is 14.8 Å². The SMILES string of the molecule is Cc1cc(-c2nnc(SCC(=O)Nc3ccc(F)cc3)n2C(C)C)cs1. The summed E-state index contributed by atoms with van der Waals surface area (Å²) in [7, 11) is 0. The molecule has 136 valence electrons. The van der Waals surface area contributed by atoms with Gasteiger partial charge >= 0.3 is 0 Å². The number of nitrogens with zero attached hydrogens (tertiary/aromatic N) is 3. The number of hydrogen-bond donors (Lipinski definition) is 1. The monoisotopic (exact) mass is 390 g/mol. The fourth-order valence-corrected chi connectivity index (χ4v) is 4.01. The predicted molar refractivity (Wildman–Crippen MR) is 104 cm³/mol. The van der Waals surface area contributed by atoms with Crippen LogP contribution in [0.15, 0.2) is 40.9 Å². The van der Waals surface area contributed by atoms with Crippen LogP contribution in [0.25, 0.3) is 11.4 Å². The third-order valence-electron chi connectivity index (χ3n) is 3.63. The van der Waals surface area contributed by atoms with Crippen molar-refractivity contribution in [3.63, 3.8) is 0 Å². The van der Waals surface area contributed by atoms with Crippen molar-refractivity contribution in [2.24, 2.45) is 0 Å². The second-order valence-electron chi connectivity index (χ2n) is 6.06. The van der Waals surface area contributed by atoms with Crippen LogP contribution in [0.3, 0.4) is 0 Å². The number of aryl methyl sites for hydroxylation is 1. The number of thiophene rings is 1. The summed E-state index contributed by atoms with van der Waals surface area (Å²) >= 11 is 3.01. The Morgan fingerprint density at radius 1 is 1.31 bits per heavy atom. The summed E-state index contributed by atoms with van der Waals surface area (Å²) in [5.74, 6) is 0.502. The maximum atomic E-state index is 12.9. The van der Waals surface area contributed by atoms with Gasteiger partial charge in [-0.15, -0.1) is 21.5 Å². The summed E-state index contributed by atoms with van der Waals surface area (Å²) in [6.45, 7) is 6.18. The fraction of sp³-hybridized carbons (Fsp3) is 0.278. The van der Waals surface area contributed by atoms with Gasteiger partial charge in [0.25, 0.3) is 0 Å². The van der Waals surface area contributed by atoms with Crippen molar-refractivity contribution in [3.8, 4) is 11.4 Å². The second-order valence-corrected chi connectivity index (χ2v) is 8.12. The van der Waals surface area contributed by atoms with Crippen molar-refractivity contribution in [2.75, 3.05) is 11.1 Å². The van der Waals surface area contributed by atoms with Gasteiger partial charge in [-0.05, 0) is 51.1 Å². The Balaban J connectivity index is 1.70. The van der Waals surface area contributed by atoms with Gasteiger partial charge in [-0.1, -0.05) is 11.8 Å². The smallest absolute Gasteiger partial charge is 0.234 e. The summed E-state index contributed by atoms with van der Waals surface area (Å²) in [4.78, 5) is 13.4. The molecule has 26 heavy (non-hydrogen) atoms. The molecule has 0 atom stereocenters. The molecule has 3 rings (SSSR count). The van der Waals surface area contributed by atoms with Gasteiger partial charge < -0.3 is 5.32 Å². The highest BCUT2D eigenvalue weighted by atomic mass is 32.2. The number of thioether (sulfide) groups is 1.